The molecule has 5 rings (SSSR count). The molecule has 0 atom stereocenters. The minimum atomic E-state index is -0.703. The van der Waals surface area contributed by atoms with E-state index in [0.29, 0.717) is 0 Å². The molecule has 28 heavy (non-hydrogen) atoms. The van der Waals surface area contributed by atoms with Crippen LogP contribution in [0.4, 0.5) is 0 Å². The number of methoxy groups -OCH3 is 1. The van der Waals surface area contributed by atoms with E-state index in [1.165, 1.54) is 0 Å². The van der Waals surface area contributed by atoms with Gasteiger partial charge < -0.3 is 9.47 Å². The lowest BCUT2D eigenvalue weighted by Crippen LogP contribution is -2.34. The first-order valence-corrected chi connectivity index (χ1v) is 9.41. The molecule has 1 heterocycles. The topological polar surface area (TPSA) is 18.5 Å². The van der Waals surface area contributed by atoms with Gasteiger partial charge in [0.05, 0.1) is 7.11 Å². The highest BCUT2D eigenvalue weighted by Crippen LogP contribution is 2.48. The van der Waals surface area contributed by atoms with Crippen molar-refractivity contribution in [3.63, 3.8) is 0 Å². The van der Waals surface area contributed by atoms with Crippen molar-refractivity contribution in [2.45, 2.75) is 5.60 Å². The van der Waals surface area contributed by atoms with Gasteiger partial charge in [0.1, 0.15) is 0 Å². The zero-order valence-corrected chi connectivity index (χ0v) is 15.6. The first-order valence-electron chi connectivity index (χ1n) is 9.41. The summed E-state index contributed by atoms with van der Waals surface area (Å²) >= 11 is 0. The van der Waals surface area contributed by atoms with Gasteiger partial charge in [-0.25, -0.2) is 0 Å². The van der Waals surface area contributed by atoms with Crippen LogP contribution in [-0.2, 0) is 5.60 Å². The van der Waals surface area contributed by atoms with Crippen molar-refractivity contribution in [1.82, 2.24) is 0 Å². The lowest BCUT2D eigenvalue weighted by molar-refractivity contribution is 0.154. The van der Waals surface area contributed by atoms with E-state index in [2.05, 4.69) is 54.6 Å². The quantitative estimate of drug-likeness (QED) is 0.431. The van der Waals surface area contributed by atoms with E-state index >= 15 is 0 Å². The molecule has 4 aromatic carbocycles. The maximum absolute atomic E-state index is 6.81. The third kappa shape index (κ3) is 2.49. The van der Waals surface area contributed by atoms with E-state index in [1.54, 1.807) is 7.11 Å². The fourth-order valence-corrected chi connectivity index (χ4v) is 4.00. The normalized spacial score (nSPS) is 14.3. The van der Waals surface area contributed by atoms with Crippen LogP contribution in [0.25, 0.3) is 16.8 Å². The van der Waals surface area contributed by atoms with Gasteiger partial charge >= 0.3 is 0 Å². The van der Waals surface area contributed by atoms with Crippen LogP contribution in [0.3, 0.4) is 0 Å². The van der Waals surface area contributed by atoms with Gasteiger partial charge in [0, 0.05) is 16.7 Å². The number of hydrogen-bond donors (Lipinski definition) is 0. The molecule has 0 aliphatic carbocycles. The Kier molecular flexibility index (Phi) is 3.91. The highest BCUT2D eigenvalue weighted by Gasteiger charge is 2.38. The molecule has 0 fully saturated rings. The summed E-state index contributed by atoms with van der Waals surface area (Å²) in [5.41, 5.74) is 2.51. The van der Waals surface area contributed by atoms with Crippen LogP contribution in [0.5, 0.6) is 11.5 Å². The van der Waals surface area contributed by atoms with Crippen molar-refractivity contribution >= 4 is 16.8 Å². The first kappa shape index (κ1) is 16.6. The second-order valence-electron chi connectivity index (χ2n) is 6.95. The summed E-state index contributed by atoms with van der Waals surface area (Å²) in [5, 5.41) is 2.29. The highest BCUT2D eigenvalue weighted by atomic mass is 16.5. The van der Waals surface area contributed by atoms with Crippen LogP contribution >= 0.6 is 0 Å². The Morgan fingerprint density at radius 2 is 1.36 bits per heavy atom. The Morgan fingerprint density at radius 3 is 2.00 bits per heavy atom. The first-order chi connectivity index (χ1) is 13.8. The van der Waals surface area contributed by atoms with Gasteiger partial charge in [-0.2, -0.15) is 0 Å². The van der Waals surface area contributed by atoms with Gasteiger partial charge in [-0.15, -0.1) is 0 Å². The highest BCUT2D eigenvalue weighted by molar-refractivity contribution is 5.96. The number of rotatable bonds is 3. The van der Waals surface area contributed by atoms with Crippen molar-refractivity contribution in [1.29, 1.82) is 0 Å². The van der Waals surface area contributed by atoms with Crippen LogP contribution in [0, 0.1) is 0 Å². The molecule has 0 spiro atoms. The van der Waals surface area contributed by atoms with Crippen LogP contribution < -0.4 is 9.47 Å². The molecule has 0 radical (unpaired) electrons. The van der Waals surface area contributed by atoms with Gasteiger partial charge in [0.2, 0.25) is 0 Å². The summed E-state index contributed by atoms with van der Waals surface area (Å²) in [7, 11) is 1.69. The zero-order chi connectivity index (χ0) is 19.0. The van der Waals surface area contributed by atoms with E-state index in [9.17, 15) is 0 Å². The van der Waals surface area contributed by atoms with Gasteiger partial charge in [-0.3, -0.25) is 0 Å². The fraction of sp³-hybridized carbons (Fsp3) is 0.0769. The predicted octanol–water partition coefficient (Wildman–Crippen LogP) is 6.20. The third-order valence-electron chi connectivity index (χ3n) is 5.38. The monoisotopic (exact) mass is 364 g/mol. The minimum absolute atomic E-state index is 0.703. The van der Waals surface area contributed by atoms with Crippen LogP contribution in [0.2, 0.25) is 0 Å². The second-order valence-corrected chi connectivity index (χ2v) is 6.95. The number of ether oxygens (including phenoxy) is 2. The van der Waals surface area contributed by atoms with E-state index in [1.807, 2.05) is 48.5 Å². The van der Waals surface area contributed by atoms with Crippen molar-refractivity contribution in [2.75, 3.05) is 7.11 Å². The van der Waals surface area contributed by atoms with Crippen LogP contribution in [0.1, 0.15) is 16.7 Å². The lowest BCUT2D eigenvalue weighted by atomic mass is 9.83. The predicted molar refractivity (Wildman–Crippen MR) is 114 cm³/mol. The smallest absolute Gasteiger partial charge is 0.178 e. The van der Waals surface area contributed by atoms with Gasteiger partial charge in [0.25, 0.3) is 0 Å². The second kappa shape index (κ2) is 6.58. The summed E-state index contributed by atoms with van der Waals surface area (Å²) in [6.45, 7) is 0. The third-order valence-corrected chi connectivity index (χ3v) is 5.38. The molecular formula is C26H20O2. The summed E-state index contributed by atoms with van der Waals surface area (Å²) in [4.78, 5) is 0. The Bertz CT molecular complexity index is 1120. The van der Waals surface area contributed by atoms with E-state index in [0.717, 1.165) is 39.0 Å². The molecule has 0 bridgehead atoms. The van der Waals surface area contributed by atoms with E-state index in [-0.39, 0.29) is 0 Å². The summed E-state index contributed by atoms with van der Waals surface area (Å²) in [6, 6.07) is 31.0. The summed E-state index contributed by atoms with van der Waals surface area (Å²) in [6.07, 6.45) is 4.33. The average Bonchev–Trinajstić information content (AvgIpc) is 2.79. The SMILES string of the molecule is COc1cc2ccccc2c2c1OC(c1ccccc1)(c1ccccc1)C=C2. The molecule has 0 aromatic heterocycles. The molecule has 0 amide bonds. The molecule has 2 nitrogen and oxygen atoms in total. The van der Waals surface area contributed by atoms with Crippen molar-refractivity contribution in [3.8, 4) is 11.5 Å². The van der Waals surface area contributed by atoms with Crippen molar-refractivity contribution in [3.05, 3.63) is 114 Å². The minimum Gasteiger partial charge on any atom is -0.493 e. The zero-order valence-electron chi connectivity index (χ0n) is 15.6. The Balaban J connectivity index is 1.79. The molecule has 0 N–H and O–H groups in total. The fourth-order valence-electron chi connectivity index (χ4n) is 4.00. The van der Waals surface area contributed by atoms with Crippen molar-refractivity contribution in [2.24, 2.45) is 0 Å². The molecule has 0 saturated heterocycles. The number of fused-ring (bicyclic) bond motifs is 3. The molecule has 4 aromatic rings. The van der Waals surface area contributed by atoms with Crippen LogP contribution in [-0.4, -0.2) is 7.11 Å². The van der Waals surface area contributed by atoms with Gasteiger partial charge in [-0.1, -0.05) is 84.9 Å². The summed E-state index contributed by atoms with van der Waals surface area (Å²) in [5.74, 6) is 1.52. The lowest BCUT2D eigenvalue weighted by Gasteiger charge is -2.37. The average molecular weight is 364 g/mol. The molecule has 0 saturated carbocycles. The van der Waals surface area contributed by atoms with Crippen molar-refractivity contribution < 1.29 is 9.47 Å². The van der Waals surface area contributed by atoms with E-state index in [4.69, 9.17) is 9.47 Å². The maximum Gasteiger partial charge on any atom is 0.178 e. The van der Waals surface area contributed by atoms with E-state index < -0.39 is 5.60 Å². The largest absolute Gasteiger partial charge is 0.493 e. The Morgan fingerprint density at radius 1 is 0.750 bits per heavy atom. The number of benzene rings is 4. The number of hydrogen-bond acceptors (Lipinski definition) is 2. The Labute approximate surface area is 164 Å². The standard InChI is InChI=1S/C26H20O2/c1-27-24-18-19-10-8-9-15-22(19)23-16-17-26(28-25(23)24,20-11-4-2-5-12-20)21-13-6-3-7-14-21/h2-18H,1H3. The van der Waals surface area contributed by atoms with Gasteiger partial charge in [-0.05, 0) is 29.0 Å². The molecule has 1 aliphatic heterocycles. The maximum atomic E-state index is 6.81. The molecule has 2 heteroatoms. The molecular weight excluding hydrogens is 344 g/mol. The molecule has 136 valence electrons. The molecule has 1 aliphatic rings. The Hall–Kier alpha value is -3.52. The van der Waals surface area contributed by atoms with Crippen LogP contribution in [0.15, 0.2) is 97.1 Å². The summed E-state index contributed by atoms with van der Waals surface area (Å²) < 4.78 is 12.5. The molecule has 0 unspecified atom stereocenters. The van der Waals surface area contributed by atoms with Gasteiger partial charge in [0.15, 0.2) is 17.1 Å².